The SMILES string of the molecule is BC(OCC(=O)NC)C(C(C)C)C(CC)OC. The number of ether oxygens (including phenoxy) is 2. The molecule has 0 saturated heterocycles. The molecule has 0 saturated carbocycles. The van der Waals surface area contributed by atoms with Crippen molar-refractivity contribution in [1.29, 1.82) is 0 Å². The van der Waals surface area contributed by atoms with E-state index in [0.717, 1.165) is 6.42 Å². The Balaban J connectivity index is 4.43. The number of hydrogen-bond donors (Lipinski definition) is 1. The molecule has 5 heteroatoms. The van der Waals surface area contributed by atoms with E-state index in [2.05, 4.69) is 26.1 Å². The molecule has 0 aliphatic heterocycles. The third kappa shape index (κ3) is 5.55. The summed E-state index contributed by atoms with van der Waals surface area (Å²) in [6, 6.07) is 0.0113. The van der Waals surface area contributed by atoms with E-state index in [1.54, 1.807) is 14.2 Å². The Labute approximate surface area is 106 Å². The number of amides is 1. The van der Waals surface area contributed by atoms with Crippen molar-refractivity contribution >= 4 is 13.8 Å². The summed E-state index contributed by atoms with van der Waals surface area (Å²) in [7, 11) is 5.35. The van der Waals surface area contributed by atoms with Gasteiger partial charge in [-0.05, 0) is 12.3 Å². The van der Waals surface area contributed by atoms with Gasteiger partial charge in [-0.15, -0.1) is 0 Å². The zero-order valence-electron chi connectivity index (χ0n) is 11.9. The minimum Gasteiger partial charge on any atom is -0.381 e. The number of rotatable bonds is 8. The van der Waals surface area contributed by atoms with E-state index in [9.17, 15) is 4.79 Å². The van der Waals surface area contributed by atoms with Crippen molar-refractivity contribution in [2.75, 3.05) is 20.8 Å². The average molecular weight is 243 g/mol. The van der Waals surface area contributed by atoms with Crippen LogP contribution in [0.15, 0.2) is 0 Å². The molecule has 0 aromatic heterocycles. The summed E-state index contributed by atoms with van der Waals surface area (Å²) in [5.74, 6) is 0.666. The molecule has 0 rings (SSSR count). The normalized spacial score (nSPS) is 16.6. The van der Waals surface area contributed by atoms with Crippen molar-refractivity contribution in [1.82, 2.24) is 5.32 Å². The molecule has 1 N–H and O–H groups in total. The molecule has 17 heavy (non-hydrogen) atoms. The van der Waals surface area contributed by atoms with Crippen LogP contribution in [0.3, 0.4) is 0 Å². The van der Waals surface area contributed by atoms with Crippen LogP contribution in [-0.4, -0.2) is 46.6 Å². The van der Waals surface area contributed by atoms with Gasteiger partial charge in [-0.2, -0.15) is 0 Å². The van der Waals surface area contributed by atoms with Crippen LogP contribution in [0.4, 0.5) is 0 Å². The standard InChI is InChI=1S/C12H26BNO3/c1-6-9(16-5)11(8(2)3)12(13)17-7-10(15)14-4/h8-9,11-12H,6-7,13H2,1-5H3,(H,14,15). The van der Waals surface area contributed by atoms with Crippen molar-refractivity contribution < 1.29 is 14.3 Å². The molecule has 0 bridgehead atoms. The summed E-state index contributed by atoms with van der Waals surface area (Å²) in [6.45, 7) is 6.54. The van der Waals surface area contributed by atoms with E-state index >= 15 is 0 Å². The summed E-state index contributed by atoms with van der Waals surface area (Å²) in [5.41, 5.74) is 0. The highest BCUT2D eigenvalue weighted by Gasteiger charge is 2.29. The lowest BCUT2D eigenvalue weighted by atomic mass is 9.75. The van der Waals surface area contributed by atoms with Crippen molar-refractivity contribution in [3.63, 3.8) is 0 Å². The molecule has 0 spiro atoms. The first-order valence-electron chi connectivity index (χ1n) is 6.32. The lowest BCUT2D eigenvalue weighted by Gasteiger charge is -2.33. The first kappa shape index (κ1) is 16.5. The lowest BCUT2D eigenvalue weighted by Crippen LogP contribution is -2.40. The van der Waals surface area contributed by atoms with Gasteiger partial charge < -0.3 is 14.8 Å². The second kappa shape index (κ2) is 8.53. The number of carbonyl (C=O) groups excluding carboxylic acids is 1. The molecule has 0 aromatic carbocycles. The molecule has 0 radical (unpaired) electrons. The molecule has 3 atom stereocenters. The maximum Gasteiger partial charge on any atom is 0.245 e. The van der Waals surface area contributed by atoms with Crippen LogP contribution in [0.1, 0.15) is 27.2 Å². The second-order valence-electron chi connectivity index (χ2n) is 4.69. The fourth-order valence-corrected chi connectivity index (χ4v) is 2.26. The monoisotopic (exact) mass is 243 g/mol. The topological polar surface area (TPSA) is 47.6 Å². The largest absolute Gasteiger partial charge is 0.381 e. The van der Waals surface area contributed by atoms with Gasteiger partial charge in [-0.3, -0.25) is 4.79 Å². The van der Waals surface area contributed by atoms with Gasteiger partial charge in [0.1, 0.15) is 14.5 Å². The van der Waals surface area contributed by atoms with Gasteiger partial charge in [0, 0.05) is 26.1 Å². The van der Waals surface area contributed by atoms with Crippen LogP contribution >= 0.6 is 0 Å². The third-order valence-electron chi connectivity index (χ3n) is 3.20. The number of likely N-dealkylation sites (N-methyl/N-ethyl adjacent to an activating group) is 1. The number of hydrogen-bond acceptors (Lipinski definition) is 3. The quantitative estimate of drug-likeness (QED) is 0.628. The second-order valence-corrected chi connectivity index (χ2v) is 4.69. The first-order valence-corrected chi connectivity index (χ1v) is 6.32. The Hall–Kier alpha value is -0.545. The lowest BCUT2D eigenvalue weighted by molar-refractivity contribution is -0.128. The molecule has 100 valence electrons. The highest BCUT2D eigenvalue weighted by Crippen LogP contribution is 2.24. The van der Waals surface area contributed by atoms with Gasteiger partial charge in [-0.25, -0.2) is 0 Å². The fraction of sp³-hybridized carbons (Fsp3) is 0.917. The highest BCUT2D eigenvalue weighted by atomic mass is 16.5. The van der Waals surface area contributed by atoms with Crippen LogP contribution in [0.2, 0.25) is 0 Å². The Morgan fingerprint density at radius 2 is 2.00 bits per heavy atom. The van der Waals surface area contributed by atoms with Gasteiger partial charge in [0.25, 0.3) is 0 Å². The van der Waals surface area contributed by atoms with Crippen LogP contribution in [-0.2, 0) is 14.3 Å². The Kier molecular flexibility index (Phi) is 8.26. The van der Waals surface area contributed by atoms with Crippen LogP contribution < -0.4 is 5.32 Å². The van der Waals surface area contributed by atoms with Crippen molar-refractivity contribution in [3.05, 3.63) is 0 Å². The molecule has 0 aromatic rings. The maximum absolute atomic E-state index is 11.2. The minimum atomic E-state index is -0.0928. The van der Waals surface area contributed by atoms with Crippen LogP contribution in [0.25, 0.3) is 0 Å². The number of nitrogens with one attached hydrogen (secondary N) is 1. The molecule has 0 fully saturated rings. The molecule has 0 aliphatic carbocycles. The van der Waals surface area contributed by atoms with E-state index in [-0.39, 0.29) is 24.6 Å². The number of carbonyl (C=O) groups is 1. The predicted octanol–water partition coefficient (Wildman–Crippen LogP) is 0.405. The van der Waals surface area contributed by atoms with Gasteiger partial charge in [0.15, 0.2) is 0 Å². The van der Waals surface area contributed by atoms with Gasteiger partial charge >= 0.3 is 0 Å². The van der Waals surface area contributed by atoms with Crippen LogP contribution in [0.5, 0.6) is 0 Å². The summed E-state index contributed by atoms with van der Waals surface area (Å²) in [5, 5.41) is 2.55. The molecule has 4 nitrogen and oxygen atoms in total. The van der Waals surface area contributed by atoms with E-state index < -0.39 is 0 Å². The molecular weight excluding hydrogens is 217 g/mol. The Morgan fingerprint density at radius 3 is 2.35 bits per heavy atom. The van der Waals surface area contributed by atoms with E-state index in [0.29, 0.717) is 11.8 Å². The minimum absolute atomic E-state index is 0.0113. The van der Waals surface area contributed by atoms with E-state index in [4.69, 9.17) is 9.47 Å². The smallest absolute Gasteiger partial charge is 0.245 e. The van der Waals surface area contributed by atoms with Gasteiger partial charge in [-0.1, -0.05) is 20.8 Å². The summed E-state index contributed by atoms with van der Waals surface area (Å²) in [4.78, 5) is 11.2. The predicted molar refractivity (Wildman–Crippen MR) is 71.8 cm³/mol. The summed E-state index contributed by atoms with van der Waals surface area (Å²) >= 11 is 0. The average Bonchev–Trinajstić information content (AvgIpc) is 2.31. The Bertz CT molecular complexity index is 220. The van der Waals surface area contributed by atoms with Gasteiger partial charge in [0.05, 0.1) is 6.10 Å². The highest BCUT2D eigenvalue weighted by molar-refractivity contribution is 6.11. The Morgan fingerprint density at radius 1 is 1.41 bits per heavy atom. The third-order valence-corrected chi connectivity index (χ3v) is 3.20. The molecule has 0 aliphatic rings. The molecule has 1 amide bonds. The zero-order chi connectivity index (χ0) is 13.4. The summed E-state index contributed by atoms with van der Waals surface area (Å²) < 4.78 is 11.1. The number of methoxy groups -OCH3 is 1. The first-order chi connectivity index (χ1) is 7.97. The molecule has 3 unspecified atom stereocenters. The molecular formula is C12H26BNO3. The summed E-state index contributed by atoms with van der Waals surface area (Å²) in [6.07, 6.45) is 1.13. The van der Waals surface area contributed by atoms with Crippen LogP contribution in [0, 0.1) is 11.8 Å². The van der Waals surface area contributed by atoms with E-state index in [1.165, 1.54) is 0 Å². The van der Waals surface area contributed by atoms with E-state index in [1.807, 2.05) is 7.85 Å². The fourth-order valence-electron chi connectivity index (χ4n) is 2.26. The molecule has 0 heterocycles. The zero-order valence-corrected chi connectivity index (χ0v) is 11.9. The van der Waals surface area contributed by atoms with Crippen molar-refractivity contribution in [2.45, 2.75) is 39.3 Å². The van der Waals surface area contributed by atoms with Gasteiger partial charge in [0.2, 0.25) is 5.91 Å². The van der Waals surface area contributed by atoms with Crippen molar-refractivity contribution in [2.24, 2.45) is 11.8 Å². The maximum atomic E-state index is 11.2. The van der Waals surface area contributed by atoms with Crippen molar-refractivity contribution in [3.8, 4) is 0 Å².